The lowest BCUT2D eigenvalue weighted by Gasteiger charge is -2.10. The van der Waals surface area contributed by atoms with Crippen molar-refractivity contribution in [2.75, 3.05) is 11.9 Å². The van der Waals surface area contributed by atoms with E-state index in [1.807, 2.05) is 13.8 Å². The Hall–Kier alpha value is -2.34. The van der Waals surface area contributed by atoms with Gasteiger partial charge in [-0.3, -0.25) is 10.1 Å². The number of hydrogen-bond donors (Lipinski definition) is 1. The van der Waals surface area contributed by atoms with E-state index in [-0.39, 0.29) is 11.6 Å². The second-order valence-electron chi connectivity index (χ2n) is 4.35. The molecule has 0 unspecified atom stereocenters. The Kier molecular flexibility index (Phi) is 4.59. The normalized spacial score (nSPS) is 10.2. The number of benzene rings is 1. The summed E-state index contributed by atoms with van der Waals surface area (Å²) in [6.45, 7) is 4.32. The zero-order valence-corrected chi connectivity index (χ0v) is 12.3. The minimum absolute atomic E-state index is 0.0810. The standard InChI is InChI=1S/C14H14ClN3O3/c1-3-16-13-7-11(18(19)20)8-14(17-13)21-12-5-4-10(15)6-9(12)2/h4-8H,3H2,1-2H3,(H,16,17). The van der Waals surface area contributed by atoms with Crippen LogP contribution in [0.4, 0.5) is 11.5 Å². The van der Waals surface area contributed by atoms with E-state index in [9.17, 15) is 10.1 Å². The molecule has 0 atom stereocenters. The summed E-state index contributed by atoms with van der Waals surface area (Å²) in [6, 6.07) is 7.79. The first-order valence-corrected chi connectivity index (χ1v) is 6.71. The number of nitrogens with one attached hydrogen (secondary N) is 1. The van der Waals surface area contributed by atoms with E-state index in [4.69, 9.17) is 16.3 Å². The maximum atomic E-state index is 11.0. The molecule has 0 saturated heterocycles. The van der Waals surface area contributed by atoms with Gasteiger partial charge in [0.15, 0.2) is 0 Å². The fraction of sp³-hybridized carbons (Fsp3) is 0.214. The molecule has 0 aliphatic carbocycles. The highest BCUT2D eigenvalue weighted by atomic mass is 35.5. The number of halogens is 1. The van der Waals surface area contributed by atoms with E-state index in [0.717, 1.165) is 5.56 Å². The number of aromatic nitrogens is 1. The van der Waals surface area contributed by atoms with Crippen LogP contribution in [0, 0.1) is 17.0 Å². The Morgan fingerprint density at radius 2 is 2.14 bits per heavy atom. The van der Waals surface area contributed by atoms with Crippen molar-refractivity contribution in [3.8, 4) is 11.6 Å². The van der Waals surface area contributed by atoms with Gasteiger partial charge in [-0.15, -0.1) is 0 Å². The van der Waals surface area contributed by atoms with Gasteiger partial charge in [0, 0.05) is 11.6 Å². The van der Waals surface area contributed by atoms with Gasteiger partial charge < -0.3 is 10.1 Å². The number of aryl methyl sites for hydroxylation is 1. The van der Waals surface area contributed by atoms with E-state index in [2.05, 4.69) is 10.3 Å². The Morgan fingerprint density at radius 1 is 1.38 bits per heavy atom. The highest BCUT2D eigenvalue weighted by Gasteiger charge is 2.13. The number of pyridine rings is 1. The molecule has 0 aliphatic heterocycles. The predicted molar refractivity (Wildman–Crippen MR) is 81.3 cm³/mol. The number of nitro groups is 1. The highest BCUT2D eigenvalue weighted by Crippen LogP contribution is 2.29. The molecule has 2 aromatic rings. The SMILES string of the molecule is CCNc1cc([N+](=O)[O-])cc(Oc2ccc(Cl)cc2C)n1. The molecule has 0 spiro atoms. The molecule has 1 aromatic heterocycles. The fourth-order valence-corrected chi connectivity index (χ4v) is 1.99. The van der Waals surface area contributed by atoms with Gasteiger partial charge in [0.05, 0.1) is 17.1 Å². The van der Waals surface area contributed by atoms with Crippen LogP contribution in [-0.2, 0) is 0 Å². The zero-order chi connectivity index (χ0) is 15.4. The lowest BCUT2D eigenvalue weighted by Crippen LogP contribution is -2.02. The molecule has 110 valence electrons. The smallest absolute Gasteiger partial charge is 0.278 e. The van der Waals surface area contributed by atoms with Crippen LogP contribution in [0.25, 0.3) is 0 Å². The molecule has 0 bridgehead atoms. The molecular weight excluding hydrogens is 294 g/mol. The number of rotatable bonds is 5. The molecule has 21 heavy (non-hydrogen) atoms. The van der Waals surface area contributed by atoms with Crippen molar-refractivity contribution < 1.29 is 9.66 Å². The van der Waals surface area contributed by atoms with Crippen molar-refractivity contribution in [3.63, 3.8) is 0 Å². The third-order valence-corrected chi connectivity index (χ3v) is 2.94. The van der Waals surface area contributed by atoms with Crippen molar-refractivity contribution in [2.45, 2.75) is 13.8 Å². The van der Waals surface area contributed by atoms with Gasteiger partial charge in [0.25, 0.3) is 5.69 Å². The Bertz CT molecular complexity index is 677. The van der Waals surface area contributed by atoms with Crippen molar-refractivity contribution >= 4 is 23.1 Å². The van der Waals surface area contributed by atoms with E-state index < -0.39 is 4.92 Å². The van der Waals surface area contributed by atoms with Gasteiger partial charge >= 0.3 is 0 Å². The predicted octanol–water partition coefficient (Wildman–Crippen LogP) is 4.18. The third kappa shape index (κ3) is 3.82. The molecular formula is C14H14ClN3O3. The van der Waals surface area contributed by atoms with E-state index >= 15 is 0 Å². The summed E-state index contributed by atoms with van der Waals surface area (Å²) in [5, 5.41) is 14.5. The minimum atomic E-state index is -0.482. The molecule has 0 radical (unpaired) electrons. The first-order valence-electron chi connectivity index (χ1n) is 6.34. The maximum absolute atomic E-state index is 11.0. The van der Waals surface area contributed by atoms with Crippen molar-refractivity contribution in [1.82, 2.24) is 4.98 Å². The number of ether oxygens (including phenoxy) is 1. The van der Waals surface area contributed by atoms with Crippen LogP contribution in [-0.4, -0.2) is 16.5 Å². The van der Waals surface area contributed by atoms with Gasteiger partial charge in [0.1, 0.15) is 11.6 Å². The Balaban J connectivity index is 2.36. The summed E-state index contributed by atoms with van der Waals surface area (Å²) in [4.78, 5) is 14.7. The fourth-order valence-electron chi connectivity index (χ4n) is 1.76. The molecule has 0 aliphatic rings. The van der Waals surface area contributed by atoms with Gasteiger partial charge in [-0.2, -0.15) is 4.98 Å². The largest absolute Gasteiger partial charge is 0.438 e. The maximum Gasteiger partial charge on any atom is 0.278 e. The van der Waals surface area contributed by atoms with E-state index in [1.165, 1.54) is 12.1 Å². The quantitative estimate of drug-likeness (QED) is 0.662. The van der Waals surface area contributed by atoms with Crippen molar-refractivity contribution in [2.24, 2.45) is 0 Å². The summed E-state index contributed by atoms with van der Waals surface area (Å²) in [5.74, 6) is 1.11. The van der Waals surface area contributed by atoms with Crippen molar-refractivity contribution in [1.29, 1.82) is 0 Å². The van der Waals surface area contributed by atoms with Crippen LogP contribution in [0.15, 0.2) is 30.3 Å². The molecule has 6 nitrogen and oxygen atoms in total. The molecule has 0 saturated carbocycles. The molecule has 0 amide bonds. The molecule has 1 heterocycles. The second-order valence-corrected chi connectivity index (χ2v) is 4.78. The van der Waals surface area contributed by atoms with Crippen LogP contribution >= 0.6 is 11.6 Å². The number of nitrogens with zero attached hydrogens (tertiary/aromatic N) is 2. The minimum Gasteiger partial charge on any atom is -0.438 e. The lowest BCUT2D eigenvalue weighted by atomic mass is 10.2. The summed E-state index contributed by atoms with van der Waals surface area (Å²) in [5.41, 5.74) is 0.739. The van der Waals surface area contributed by atoms with E-state index in [0.29, 0.717) is 23.1 Å². The van der Waals surface area contributed by atoms with Crippen LogP contribution in [0.1, 0.15) is 12.5 Å². The Morgan fingerprint density at radius 3 is 2.76 bits per heavy atom. The summed E-state index contributed by atoms with van der Waals surface area (Å²) in [6.07, 6.45) is 0. The molecule has 2 rings (SSSR count). The van der Waals surface area contributed by atoms with Crippen LogP contribution in [0.3, 0.4) is 0 Å². The average molecular weight is 308 g/mol. The first kappa shape index (κ1) is 15.1. The van der Waals surface area contributed by atoms with Gasteiger partial charge in [-0.25, -0.2) is 0 Å². The summed E-state index contributed by atoms with van der Waals surface area (Å²) < 4.78 is 5.63. The van der Waals surface area contributed by atoms with Crippen LogP contribution in [0.2, 0.25) is 5.02 Å². The summed E-state index contributed by atoms with van der Waals surface area (Å²) in [7, 11) is 0. The number of anilines is 1. The van der Waals surface area contributed by atoms with Gasteiger partial charge in [0.2, 0.25) is 5.88 Å². The number of hydrogen-bond acceptors (Lipinski definition) is 5. The molecule has 7 heteroatoms. The molecule has 1 aromatic carbocycles. The average Bonchev–Trinajstić information content (AvgIpc) is 2.42. The molecule has 0 fully saturated rings. The second kappa shape index (κ2) is 6.41. The Labute approximate surface area is 126 Å². The summed E-state index contributed by atoms with van der Waals surface area (Å²) >= 11 is 5.88. The van der Waals surface area contributed by atoms with Crippen LogP contribution < -0.4 is 10.1 Å². The van der Waals surface area contributed by atoms with Crippen molar-refractivity contribution in [3.05, 3.63) is 51.0 Å². The van der Waals surface area contributed by atoms with E-state index in [1.54, 1.807) is 18.2 Å². The third-order valence-electron chi connectivity index (χ3n) is 2.71. The highest BCUT2D eigenvalue weighted by molar-refractivity contribution is 6.30. The zero-order valence-electron chi connectivity index (χ0n) is 11.6. The first-order chi connectivity index (χ1) is 9.99. The monoisotopic (exact) mass is 307 g/mol. The van der Waals surface area contributed by atoms with Gasteiger partial charge in [-0.1, -0.05) is 11.6 Å². The molecule has 1 N–H and O–H groups in total. The lowest BCUT2D eigenvalue weighted by molar-refractivity contribution is -0.384. The topological polar surface area (TPSA) is 77.3 Å². The van der Waals surface area contributed by atoms with Gasteiger partial charge in [-0.05, 0) is 37.6 Å². The van der Waals surface area contributed by atoms with Crippen LogP contribution in [0.5, 0.6) is 11.6 Å².